The number of nitrogen functional groups attached to an aromatic ring is 1. The SMILES string of the molecule is CC1CC(n2ccc3c(N)ncnc32)OC1C(O)c1ccc(Cl)c(Cl)c1. The van der Waals surface area contributed by atoms with Gasteiger partial charge in [0.05, 0.1) is 21.5 Å². The highest BCUT2D eigenvalue weighted by Gasteiger charge is 2.38. The summed E-state index contributed by atoms with van der Waals surface area (Å²) < 4.78 is 8.12. The van der Waals surface area contributed by atoms with Gasteiger partial charge in [0.25, 0.3) is 0 Å². The average molecular weight is 393 g/mol. The molecule has 6 nitrogen and oxygen atoms in total. The fourth-order valence-corrected chi connectivity index (χ4v) is 3.80. The number of halogens is 2. The summed E-state index contributed by atoms with van der Waals surface area (Å²) in [6.07, 6.45) is 2.67. The summed E-state index contributed by atoms with van der Waals surface area (Å²) in [6.45, 7) is 2.06. The standard InChI is InChI=1S/C18H18Cl2N4O2/c1-9-6-14(24-5-4-11-17(21)22-8-23-18(11)24)26-16(9)15(25)10-2-3-12(19)13(20)7-10/h2-5,7-9,14-16,25H,6H2,1H3,(H2,21,22,23). The van der Waals surface area contributed by atoms with E-state index in [2.05, 4.69) is 16.9 Å². The monoisotopic (exact) mass is 392 g/mol. The molecule has 1 aliphatic heterocycles. The molecule has 0 radical (unpaired) electrons. The van der Waals surface area contributed by atoms with E-state index in [1.807, 2.05) is 16.8 Å². The van der Waals surface area contributed by atoms with Crippen molar-refractivity contribution in [2.75, 3.05) is 5.73 Å². The van der Waals surface area contributed by atoms with E-state index in [1.54, 1.807) is 18.2 Å². The molecule has 3 aromatic rings. The smallest absolute Gasteiger partial charge is 0.147 e. The van der Waals surface area contributed by atoms with E-state index in [0.29, 0.717) is 21.4 Å². The Morgan fingerprint density at radius 3 is 2.85 bits per heavy atom. The Labute approximate surface area is 160 Å². The summed E-state index contributed by atoms with van der Waals surface area (Å²) in [5.41, 5.74) is 7.31. The van der Waals surface area contributed by atoms with E-state index in [-0.39, 0.29) is 18.2 Å². The Bertz CT molecular complexity index is 962. The summed E-state index contributed by atoms with van der Waals surface area (Å²) in [4.78, 5) is 8.33. The predicted octanol–water partition coefficient (Wildman–Crippen LogP) is 3.98. The Morgan fingerprint density at radius 2 is 2.08 bits per heavy atom. The third-order valence-electron chi connectivity index (χ3n) is 4.90. The summed E-state index contributed by atoms with van der Waals surface area (Å²) in [7, 11) is 0. The van der Waals surface area contributed by atoms with Crippen molar-refractivity contribution in [1.29, 1.82) is 0 Å². The topological polar surface area (TPSA) is 86.2 Å². The number of ether oxygens (including phenoxy) is 1. The lowest BCUT2D eigenvalue weighted by atomic mass is 9.94. The Kier molecular flexibility index (Phi) is 4.52. The molecule has 8 heteroatoms. The molecule has 0 saturated carbocycles. The highest BCUT2D eigenvalue weighted by Crippen LogP contribution is 2.41. The molecule has 0 bridgehead atoms. The summed E-state index contributed by atoms with van der Waals surface area (Å²) in [6, 6.07) is 7.00. The largest absolute Gasteiger partial charge is 0.386 e. The maximum atomic E-state index is 10.8. The lowest BCUT2D eigenvalue weighted by Crippen LogP contribution is -2.23. The van der Waals surface area contributed by atoms with Gasteiger partial charge in [0.2, 0.25) is 0 Å². The fourth-order valence-electron chi connectivity index (χ4n) is 3.50. The number of benzene rings is 1. The molecular weight excluding hydrogens is 375 g/mol. The Morgan fingerprint density at radius 1 is 1.27 bits per heavy atom. The molecule has 1 saturated heterocycles. The minimum absolute atomic E-state index is 0.140. The van der Waals surface area contributed by atoms with Crippen LogP contribution in [0.2, 0.25) is 10.0 Å². The molecule has 0 spiro atoms. The van der Waals surface area contributed by atoms with Crippen LogP contribution in [0.3, 0.4) is 0 Å². The molecule has 4 atom stereocenters. The van der Waals surface area contributed by atoms with E-state index in [4.69, 9.17) is 33.7 Å². The number of hydrogen-bond acceptors (Lipinski definition) is 5. The van der Waals surface area contributed by atoms with Crippen molar-refractivity contribution in [3.63, 3.8) is 0 Å². The van der Waals surface area contributed by atoms with E-state index < -0.39 is 6.10 Å². The van der Waals surface area contributed by atoms with E-state index in [0.717, 1.165) is 17.5 Å². The third-order valence-corrected chi connectivity index (χ3v) is 5.63. The number of nitrogens with two attached hydrogens (primary N) is 1. The number of aliphatic hydroxyl groups excluding tert-OH is 1. The van der Waals surface area contributed by atoms with Crippen molar-refractivity contribution in [2.24, 2.45) is 5.92 Å². The maximum absolute atomic E-state index is 10.8. The first kappa shape index (κ1) is 17.5. The Balaban J connectivity index is 1.61. The number of nitrogens with zero attached hydrogens (tertiary/aromatic N) is 3. The maximum Gasteiger partial charge on any atom is 0.147 e. The predicted molar refractivity (Wildman–Crippen MR) is 101 cm³/mol. The molecule has 0 aliphatic carbocycles. The molecule has 1 aromatic carbocycles. The van der Waals surface area contributed by atoms with Crippen LogP contribution in [0.4, 0.5) is 5.82 Å². The second kappa shape index (κ2) is 6.70. The number of rotatable bonds is 3. The van der Waals surface area contributed by atoms with Crippen LogP contribution in [0.5, 0.6) is 0 Å². The van der Waals surface area contributed by atoms with Gasteiger partial charge in [-0.2, -0.15) is 0 Å². The minimum atomic E-state index is -0.800. The molecule has 4 unspecified atom stereocenters. The van der Waals surface area contributed by atoms with E-state index in [1.165, 1.54) is 6.33 Å². The molecule has 3 N–H and O–H groups in total. The number of fused-ring (bicyclic) bond motifs is 1. The zero-order chi connectivity index (χ0) is 18.4. The molecular formula is C18H18Cl2N4O2. The van der Waals surface area contributed by atoms with Gasteiger partial charge < -0.3 is 20.1 Å². The van der Waals surface area contributed by atoms with Gasteiger partial charge in [0, 0.05) is 6.20 Å². The number of aromatic nitrogens is 3. The average Bonchev–Trinajstić information content (AvgIpc) is 3.21. The lowest BCUT2D eigenvalue weighted by molar-refractivity contribution is -0.0675. The van der Waals surface area contributed by atoms with Gasteiger partial charge in [0.15, 0.2) is 0 Å². The first-order valence-electron chi connectivity index (χ1n) is 8.31. The van der Waals surface area contributed by atoms with Gasteiger partial charge in [-0.05, 0) is 36.1 Å². The van der Waals surface area contributed by atoms with Crippen LogP contribution < -0.4 is 5.73 Å². The summed E-state index contributed by atoms with van der Waals surface area (Å²) in [5.74, 6) is 0.577. The molecule has 4 rings (SSSR count). The van der Waals surface area contributed by atoms with Crippen LogP contribution in [-0.2, 0) is 4.74 Å². The number of hydrogen-bond donors (Lipinski definition) is 2. The minimum Gasteiger partial charge on any atom is -0.386 e. The summed E-state index contributed by atoms with van der Waals surface area (Å²) in [5, 5.41) is 12.5. The quantitative estimate of drug-likeness (QED) is 0.703. The van der Waals surface area contributed by atoms with Crippen LogP contribution in [0, 0.1) is 5.92 Å². The van der Waals surface area contributed by atoms with Gasteiger partial charge in [-0.25, -0.2) is 9.97 Å². The van der Waals surface area contributed by atoms with Crippen molar-refractivity contribution >= 4 is 40.1 Å². The first-order chi connectivity index (χ1) is 12.5. The van der Waals surface area contributed by atoms with Crippen molar-refractivity contribution in [3.05, 3.63) is 52.4 Å². The van der Waals surface area contributed by atoms with E-state index in [9.17, 15) is 5.11 Å². The van der Waals surface area contributed by atoms with Crippen LogP contribution in [0.25, 0.3) is 11.0 Å². The first-order valence-corrected chi connectivity index (χ1v) is 9.07. The molecule has 0 amide bonds. The van der Waals surface area contributed by atoms with Gasteiger partial charge in [-0.1, -0.05) is 36.2 Å². The van der Waals surface area contributed by atoms with Gasteiger partial charge in [-0.15, -0.1) is 0 Å². The molecule has 1 fully saturated rings. The van der Waals surface area contributed by atoms with Crippen molar-refractivity contribution in [1.82, 2.24) is 14.5 Å². The van der Waals surface area contributed by atoms with Crippen molar-refractivity contribution in [3.8, 4) is 0 Å². The zero-order valence-corrected chi connectivity index (χ0v) is 15.5. The van der Waals surface area contributed by atoms with Gasteiger partial charge >= 0.3 is 0 Å². The number of anilines is 1. The number of aliphatic hydroxyl groups is 1. The van der Waals surface area contributed by atoms with Crippen LogP contribution >= 0.6 is 23.2 Å². The van der Waals surface area contributed by atoms with Crippen molar-refractivity contribution < 1.29 is 9.84 Å². The van der Waals surface area contributed by atoms with Crippen LogP contribution in [0.1, 0.15) is 31.2 Å². The zero-order valence-electron chi connectivity index (χ0n) is 14.0. The molecule has 136 valence electrons. The molecule has 1 aliphatic rings. The second-order valence-corrected chi connectivity index (χ2v) is 7.42. The normalized spacial score (nSPS) is 24.2. The second-order valence-electron chi connectivity index (χ2n) is 6.61. The highest BCUT2D eigenvalue weighted by molar-refractivity contribution is 6.42. The van der Waals surface area contributed by atoms with E-state index >= 15 is 0 Å². The lowest BCUT2D eigenvalue weighted by Gasteiger charge is -2.23. The fraction of sp³-hybridized carbons (Fsp3) is 0.333. The third kappa shape index (κ3) is 2.93. The van der Waals surface area contributed by atoms with Gasteiger partial charge in [0.1, 0.15) is 30.1 Å². The summed E-state index contributed by atoms with van der Waals surface area (Å²) >= 11 is 12.0. The molecule has 2 aromatic heterocycles. The molecule has 3 heterocycles. The highest BCUT2D eigenvalue weighted by atomic mass is 35.5. The van der Waals surface area contributed by atoms with Crippen molar-refractivity contribution in [2.45, 2.75) is 31.8 Å². The molecule has 26 heavy (non-hydrogen) atoms. The van der Waals surface area contributed by atoms with Crippen LogP contribution in [0.15, 0.2) is 36.8 Å². The van der Waals surface area contributed by atoms with Gasteiger partial charge in [-0.3, -0.25) is 0 Å². The van der Waals surface area contributed by atoms with Crippen LogP contribution in [-0.4, -0.2) is 25.7 Å². The Hall–Kier alpha value is -1.86.